The molecule has 0 unspecified atom stereocenters. The molecule has 2 aromatic carbocycles. The van der Waals surface area contributed by atoms with Crippen LogP contribution >= 0.6 is 0 Å². The summed E-state index contributed by atoms with van der Waals surface area (Å²) in [5.74, 6) is 0.592. The molecule has 1 aromatic heterocycles. The molecule has 0 bridgehead atoms. The second-order valence-corrected chi connectivity index (χ2v) is 7.27. The maximum atomic E-state index is 12.5. The van der Waals surface area contributed by atoms with Crippen molar-refractivity contribution in [3.05, 3.63) is 59.7 Å². The van der Waals surface area contributed by atoms with E-state index in [4.69, 9.17) is 0 Å². The Labute approximate surface area is 153 Å². The summed E-state index contributed by atoms with van der Waals surface area (Å²) in [6.07, 6.45) is 4.78. The fraction of sp³-hybridized carbons (Fsp3) is 0.381. The lowest BCUT2D eigenvalue weighted by molar-refractivity contribution is 0.0910. The Hall–Kier alpha value is -2.69. The summed E-state index contributed by atoms with van der Waals surface area (Å²) in [7, 11) is 0. The molecule has 0 aliphatic heterocycles. The van der Waals surface area contributed by atoms with Gasteiger partial charge in [0.25, 0.3) is 5.91 Å². The molecule has 26 heavy (non-hydrogen) atoms. The van der Waals surface area contributed by atoms with Crippen LogP contribution in [0.15, 0.2) is 48.5 Å². The Morgan fingerprint density at radius 3 is 2.69 bits per heavy atom. The number of para-hydroxylation sites is 1. The summed E-state index contributed by atoms with van der Waals surface area (Å²) in [6, 6.07) is 16.0. The van der Waals surface area contributed by atoms with Crippen LogP contribution in [0.25, 0.3) is 11.0 Å². The molecule has 3 aromatic rings. The second-order valence-electron chi connectivity index (χ2n) is 7.27. The first-order valence-corrected chi connectivity index (χ1v) is 9.39. The van der Waals surface area contributed by atoms with Crippen LogP contribution in [-0.2, 0) is 6.54 Å². The maximum absolute atomic E-state index is 12.5. The average Bonchev–Trinajstić information content (AvgIpc) is 3.07. The van der Waals surface area contributed by atoms with E-state index >= 15 is 0 Å². The number of amides is 1. The molecule has 2 atom stereocenters. The molecule has 1 N–H and O–H groups in total. The highest BCUT2D eigenvalue weighted by atomic mass is 16.1. The lowest BCUT2D eigenvalue weighted by atomic mass is 9.86. The van der Waals surface area contributed by atoms with E-state index in [-0.39, 0.29) is 5.91 Å². The topological polar surface area (TPSA) is 59.8 Å². The van der Waals surface area contributed by atoms with Crippen LogP contribution in [-0.4, -0.2) is 26.9 Å². The van der Waals surface area contributed by atoms with Crippen LogP contribution < -0.4 is 5.32 Å². The van der Waals surface area contributed by atoms with Crippen LogP contribution in [0.1, 0.15) is 48.5 Å². The van der Waals surface area contributed by atoms with E-state index in [0.29, 0.717) is 18.5 Å². The number of hydrogen-bond acceptors (Lipinski definition) is 3. The smallest absolute Gasteiger partial charge is 0.251 e. The summed E-state index contributed by atoms with van der Waals surface area (Å²) >= 11 is 0. The van der Waals surface area contributed by atoms with Gasteiger partial charge in [-0.15, -0.1) is 5.10 Å². The third kappa shape index (κ3) is 3.47. The third-order valence-electron chi connectivity index (χ3n) is 5.40. The minimum absolute atomic E-state index is 0.0292. The molecule has 134 valence electrons. The number of nitrogens with one attached hydrogen (secondary N) is 1. The molecule has 0 spiro atoms. The molecule has 1 heterocycles. The molecule has 0 radical (unpaired) electrons. The van der Waals surface area contributed by atoms with Gasteiger partial charge in [0.05, 0.1) is 12.1 Å². The van der Waals surface area contributed by atoms with E-state index in [9.17, 15) is 4.79 Å². The van der Waals surface area contributed by atoms with E-state index in [1.165, 1.54) is 19.3 Å². The number of nitrogens with zero attached hydrogens (tertiary/aromatic N) is 3. The van der Waals surface area contributed by atoms with Crippen molar-refractivity contribution >= 4 is 16.9 Å². The molecular formula is C21H24N4O. The van der Waals surface area contributed by atoms with E-state index in [2.05, 4.69) is 22.6 Å². The van der Waals surface area contributed by atoms with Crippen molar-refractivity contribution in [1.29, 1.82) is 0 Å². The van der Waals surface area contributed by atoms with Crippen molar-refractivity contribution in [3.8, 4) is 0 Å². The van der Waals surface area contributed by atoms with Crippen molar-refractivity contribution in [2.75, 3.05) is 0 Å². The third-order valence-corrected chi connectivity index (χ3v) is 5.40. The Morgan fingerprint density at radius 2 is 1.88 bits per heavy atom. The average molecular weight is 348 g/mol. The molecule has 0 saturated heterocycles. The first-order chi connectivity index (χ1) is 12.7. The van der Waals surface area contributed by atoms with Crippen molar-refractivity contribution in [2.45, 2.75) is 45.2 Å². The number of hydrogen-bond donors (Lipinski definition) is 1. The number of benzene rings is 2. The lowest BCUT2D eigenvalue weighted by Crippen LogP contribution is -2.41. The molecule has 5 heteroatoms. The van der Waals surface area contributed by atoms with Crippen LogP contribution in [0, 0.1) is 5.92 Å². The summed E-state index contributed by atoms with van der Waals surface area (Å²) in [5, 5.41) is 11.6. The molecule has 1 saturated carbocycles. The SMILES string of the molecule is C[C@@H]1CCCC[C@H]1NC(=O)c1ccc(Cn2nnc3ccccc32)cc1. The number of carbonyl (C=O) groups excluding carboxylic acids is 1. The molecule has 4 rings (SSSR count). The molecule has 1 amide bonds. The molecule has 1 aliphatic carbocycles. The summed E-state index contributed by atoms with van der Waals surface area (Å²) in [5.41, 5.74) is 3.73. The normalized spacial score (nSPS) is 20.2. The van der Waals surface area contributed by atoms with Gasteiger partial charge >= 0.3 is 0 Å². The quantitative estimate of drug-likeness (QED) is 0.780. The molecule has 5 nitrogen and oxygen atoms in total. The van der Waals surface area contributed by atoms with Gasteiger partial charge in [0.15, 0.2) is 0 Å². The monoisotopic (exact) mass is 348 g/mol. The van der Waals surface area contributed by atoms with E-state index < -0.39 is 0 Å². The summed E-state index contributed by atoms with van der Waals surface area (Å²) in [6.45, 7) is 2.87. The molecular weight excluding hydrogens is 324 g/mol. The Bertz CT molecular complexity index is 900. The first-order valence-electron chi connectivity index (χ1n) is 9.39. The fourth-order valence-electron chi connectivity index (χ4n) is 3.75. The largest absolute Gasteiger partial charge is 0.349 e. The van der Waals surface area contributed by atoms with Gasteiger partial charge in [0, 0.05) is 11.6 Å². The summed E-state index contributed by atoms with van der Waals surface area (Å²) in [4.78, 5) is 12.5. The zero-order valence-electron chi connectivity index (χ0n) is 15.1. The number of carbonyl (C=O) groups is 1. The van der Waals surface area contributed by atoms with Crippen molar-refractivity contribution < 1.29 is 4.79 Å². The highest BCUT2D eigenvalue weighted by Gasteiger charge is 2.23. The Morgan fingerprint density at radius 1 is 1.12 bits per heavy atom. The van der Waals surface area contributed by atoms with E-state index in [0.717, 1.165) is 28.6 Å². The fourth-order valence-corrected chi connectivity index (χ4v) is 3.75. The molecule has 1 fully saturated rings. The Balaban J connectivity index is 1.44. The van der Waals surface area contributed by atoms with Gasteiger partial charge in [-0.3, -0.25) is 4.79 Å². The van der Waals surface area contributed by atoms with Gasteiger partial charge in [-0.05, 0) is 48.6 Å². The zero-order valence-corrected chi connectivity index (χ0v) is 15.1. The van der Waals surface area contributed by atoms with Gasteiger partial charge in [-0.1, -0.05) is 49.2 Å². The number of fused-ring (bicyclic) bond motifs is 1. The van der Waals surface area contributed by atoms with Gasteiger partial charge in [0.1, 0.15) is 5.52 Å². The molecule has 1 aliphatic rings. The van der Waals surface area contributed by atoms with E-state index in [1.807, 2.05) is 53.2 Å². The van der Waals surface area contributed by atoms with Gasteiger partial charge < -0.3 is 5.32 Å². The zero-order chi connectivity index (χ0) is 17.9. The predicted octanol–water partition coefficient (Wildman–Crippen LogP) is 3.79. The number of rotatable bonds is 4. The highest BCUT2D eigenvalue weighted by Crippen LogP contribution is 2.24. The van der Waals surface area contributed by atoms with Crippen LogP contribution in [0.2, 0.25) is 0 Å². The predicted molar refractivity (Wildman–Crippen MR) is 102 cm³/mol. The minimum Gasteiger partial charge on any atom is -0.349 e. The van der Waals surface area contributed by atoms with Crippen molar-refractivity contribution in [2.24, 2.45) is 5.92 Å². The van der Waals surface area contributed by atoms with Gasteiger partial charge in [0.2, 0.25) is 0 Å². The maximum Gasteiger partial charge on any atom is 0.251 e. The lowest BCUT2D eigenvalue weighted by Gasteiger charge is -2.29. The van der Waals surface area contributed by atoms with Crippen molar-refractivity contribution in [3.63, 3.8) is 0 Å². The van der Waals surface area contributed by atoms with Gasteiger partial charge in [-0.25, -0.2) is 4.68 Å². The minimum atomic E-state index is 0.0292. The second kappa shape index (κ2) is 7.28. The van der Waals surface area contributed by atoms with Crippen LogP contribution in [0.4, 0.5) is 0 Å². The first kappa shape index (κ1) is 16.8. The van der Waals surface area contributed by atoms with Gasteiger partial charge in [-0.2, -0.15) is 0 Å². The van der Waals surface area contributed by atoms with Crippen molar-refractivity contribution in [1.82, 2.24) is 20.3 Å². The summed E-state index contributed by atoms with van der Waals surface area (Å²) < 4.78 is 1.88. The van der Waals surface area contributed by atoms with E-state index in [1.54, 1.807) is 0 Å². The van der Waals surface area contributed by atoms with Crippen LogP contribution in [0.3, 0.4) is 0 Å². The standard InChI is InChI=1S/C21H24N4O/c1-15-6-2-3-7-18(15)22-21(26)17-12-10-16(11-13-17)14-25-20-9-5-4-8-19(20)23-24-25/h4-5,8-13,15,18H,2-3,6-7,14H2,1H3,(H,22,26)/t15-,18-/m1/s1. The number of aromatic nitrogens is 3. The highest BCUT2D eigenvalue weighted by molar-refractivity contribution is 5.94. The Kier molecular flexibility index (Phi) is 4.69. The van der Waals surface area contributed by atoms with Crippen LogP contribution in [0.5, 0.6) is 0 Å².